The lowest BCUT2D eigenvalue weighted by atomic mass is 9.71. The third-order valence-corrected chi connectivity index (χ3v) is 6.90. The van der Waals surface area contributed by atoms with Crippen LogP contribution in [0, 0.1) is 11.6 Å². The van der Waals surface area contributed by atoms with Crippen molar-refractivity contribution < 1.29 is 23.7 Å². The fraction of sp³-hybridized carbons (Fsp3) is 0.538. The normalized spacial score (nSPS) is 26.3. The van der Waals surface area contributed by atoms with E-state index in [0.717, 1.165) is 49.5 Å². The minimum Gasteiger partial charge on any atom is -0.392 e. The molecule has 3 unspecified atom stereocenters. The van der Waals surface area contributed by atoms with Gasteiger partial charge in [-0.1, -0.05) is 24.3 Å². The molecular formula is C26H33F2NO3. The quantitative estimate of drug-likeness (QED) is 0.530. The van der Waals surface area contributed by atoms with Crippen LogP contribution >= 0.6 is 0 Å². The van der Waals surface area contributed by atoms with Crippen molar-refractivity contribution in [3.8, 4) is 0 Å². The second-order valence-electron chi connectivity index (χ2n) is 10.1. The smallest absolute Gasteiger partial charge is 0.126 e. The van der Waals surface area contributed by atoms with Gasteiger partial charge in [0.05, 0.1) is 23.9 Å². The Labute approximate surface area is 188 Å². The summed E-state index contributed by atoms with van der Waals surface area (Å²) >= 11 is 0. The zero-order valence-electron chi connectivity index (χ0n) is 18.8. The molecule has 2 fully saturated rings. The summed E-state index contributed by atoms with van der Waals surface area (Å²) in [4.78, 5) is 0. The first kappa shape index (κ1) is 23.3. The van der Waals surface area contributed by atoms with E-state index in [1.807, 2.05) is 12.1 Å². The van der Waals surface area contributed by atoms with E-state index >= 15 is 0 Å². The topological polar surface area (TPSA) is 65.0 Å². The van der Waals surface area contributed by atoms with E-state index in [2.05, 4.69) is 17.4 Å². The maximum Gasteiger partial charge on any atom is 0.126 e. The molecule has 2 aromatic carbocycles. The van der Waals surface area contributed by atoms with E-state index in [4.69, 9.17) is 4.74 Å². The van der Waals surface area contributed by atoms with Gasteiger partial charge in [-0.25, -0.2) is 8.78 Å². The molecule has 174 valence electrons. The molecule has 1 aliphatic heterocycles. The second-order valence-corrected chi connectivity index (χ2v) is 10.1. The van der Waals surface area contributed by atoms with Crippen molar-refractivity contribution in [2.45, 2.75) is 75.2 Å². The standard InChI is InChI=1S/C26H33F2NO3/c1-24(2,31)19-5-3-6-20(13-19)26(10-4-9-25(16-26)17-32-25)29-15-23(30)8-7-18-11-21(27)14-22(28)12-18/h3,5-6,11-14,23,29-31H,4,7-10,15-17H2,1-2H3. The van der Waals surface area contributed by atoms with Crippen molar-refractivity contribution in [1.82, 2.24) is 5.32 Å². The number of ether oxygens (including phenoxy) is 1. The summed E-state index contributed by atoms with van der Waals surface area (Å²) in [5, 5.41) is 24.8. The highest BCUT2D eigenvalue weighted by molar-refractivity contribution is 5.34. The lowest BCUT2D eigenvalue weighted by Crippen LogP contribution is -2.50. The number of hydrogen-bond donors (Lipinski definition) is 3. The number of halogens is 2. The fourth-order valence-corrected chi connectivity index (χ4v) is 4.99. The summed E-state index contributed by atoms with van der Waals surface area (Å²) in [6, 6.07) is 11.5. The van der Waals surface area contributed by atoms with E-state index in [0.29, 0.717) is 24.9 Å². The zero-order chi connectivity index (χ0) is 23.0. The van der Waals surface area contributed by atoms with Gasteiger partial charge in [-0.3, -0.25) is 0 Å². The minimum atomic E-state index is -0.945. The van der Waals surface area contributed by atoms with Gasteiger partial charge in [0.2, 0.25) is 0 Å². The van der Waals surface area contributed by atoms with Crippen molar-refractivity contribution in [3.63, 3.8) is 0 Å². The van der Waals surface area contributed by atoms with Gasteiger partial charge in [-0.05, 0) is 74.8 Å². The Hall–Kier alpha value is -1.86. The molecule has 1 heterocycles. The van der Waals surface area contributed by atoms with Gasteiger partial charge in [0, 0.05) is 24.6 Å². The van der Waals surface area contributed by atoms with Crippen LogP contribution in [-0.4, -0.2) is 35.1 Å². The van der Waals surface area contributed by atoms with E-state index in [9.17, 15) is 19.0 Å². The molecule has 1 saturated carbocycles. The molecule has 1 spiro atoms. The van der Waals surface area contributed by atoms with Crippen LogP contribution in [0.25, 0.3) is 0 Å². The number of aliphatic hydroxyl groups is 2. The molecule has 2 aliphatic rings. The molecule has 0 radical (unpaired) electrons. The Morgan fingerprint density at radius 3 is 2.50 bits per heavy atom. The third kappa shape index (κ3) is 5.37. The summed E-state index contributed by atoms with van der Waals surface area (Å²) in [5.74, 6) is -1.20. The van der Waals surface area contributed by atoms with E-state index in [1.54, 1.807) is 13.8 Å². The first-order chi connectivity index (χ1) is 15.1. The van der Waals surface area contributed by atoms with Crippen LogP contribution in [0.15, 0.2) is 42.5 Å². The van der Waals surface area contributed by atoms with E-state index < -0.39 is 23.3 Å². The Bertz CT molecular complexity index is 934. The van der Waals surface area contributed by atoms with Crippen LogP contribution in [0.4, 0.5) is 8.78 Å². The first-order valence-electron chi connectivity index (χ1n) is 11.4. The number of aryl methyl sites for hydroxylation is 1. The zero-order valence-corrected chi connectivity index (χ0v) is 18.8. The average molecular weight is 446 g/mol. The van der Waals surface area contributed by atoms with Gasteiger partial charge in [0.15, 0.2) is 0 Å². The maximum atomic E-state index is 13.4. The SMILES string of the molecule is CC(C)(O)c1cccc(C2(NCC(O)CCc3cc(F)cc(F)c3)CCCC3(CO3)C2)c1. The molecule has 1 aliphatic carbocycles. The fourth-order valence-electron chi connectivity index (χ4n) is 4.99. The van der Waals surface area contributed by atoms with Crippen LogP contribution in [0.1, 0.15) is 62.6 Å². The Balaban J connectivity index is 1.48. The average Bonchev–Trinajstić information content (AvgIpc) is 3.47. The number of benzene rings is 2. The molecule has 0 amide bonds. The Morgan fingerprint density at radius 2 is 1.84 bits per heavy atom. The van der Waals surface area contributed by atoms with Gasteiger partial charge in [0.1, 0.15) is 11.6 Å². The largest absolute Gasteiger partial charge is 0.392 e. The van der Waals surface area contributed by atoms with Crippen LogP contribution in [0.3, 0.4) is 0 Å². The number of nitrogens with one attached hydrogen (secondary N) is 1. The molecular weight excluding hydrogens is 412 g/mol. The summed E-state index contributed by atoms with van der Waals surface area (Å²) in [7, 11) is 0. The van der Waals surface area contributed by atoms with Crippen molar-refractivity contribution in [2.24, 2.45) is 0 Å². The number of aliphatic hydroxyl groups excluding tert-OH is 1. The molecule has 4 rings (SSSR count). The molecule has 3 atom stereocenters. The summed E-state index contributed by atoms with van der Waals surface area (Å²) in [5.41, 5.74) is 1.07. The van der Waals surface area contributed by atoms with Crippen LogP contribution < -0.4 is 5.32 Å². The van der Waals surface area contributed by atoms with Gasteiger partial charge >= 0.3 is 0 Å². The lowest BCUT2D eigenvalue weighted by Gasteiger charge is -2.42. The number of hydrogen-bond acceptors (Lipinski definition) is 4. The predicted molar refractivity (Wildman–Crippen MR) is 119 cm³/mol. The molecule has 1 saturated heterocycles. The first-order valence-corrected chi connectivity index (χ1v) is 11.4. The third-order valence-electron chi connectivity index (χ3n) is 6.90. The summed E-state index contributed by atoms with van der Waals surface area (Å²) in [6.45, 7) is 4.67. The van der Waals surface area contributed by atoms with Crippen molar-refractivity contribution in [2.75, 3.05) is 13.2 Å². The van der Waals surface area contributed by atoms with Gasteiger partial charge in [-0.2, -0.15) is 0 Å². The highest BCUT2D eigenvalue weighted by Crippen LogP contribution is 2.50. The second kappa shape index (κ2) is 8.82. The van der Waals surface area contributed by atoms with Gasteiger partial charge in [0.25, 0.3) is 0 Å². The molecule has 0 bridgehead atoms. The molecule has 32 heavy (non-hydrogen) atoms. The molecule has 3 N–H and O–H groups in total. The Kier molecular flexibility index (Phi) is 6.43. The molecule has 0 aromatic heterocycles. The van der Waals surface area contributed by atoms with E-state index in [1.165, 1.54) is 12.1 Å². The predicted octanol–water partition coefficient (Wildman–Crippen LogP) is 4.31. The Morgan fingerprint density at radius 1 is 1.12 bits per heavy atom. The molecule has 4 nitrogen and oxygen atoms in total. The highest BCUT2D eigenvalue weighted by atomic mass is 19.1. The number of epoxide rings is 1. The summed E-state index contributed by atoms with van der Waals surface area (Å²) in [6.07, 6.45) is 3.91. The van der Waals surface area contributed by atoms with Gasteiger partial charge < -0.3 is 20.3 Å². The van der Waals surface area contributed by atoms with Gasteiger partial charge in [-0.15, -0.1) is 0 Å². The molecule has 6 heteroatoms. The molecule has 2 aromatic rings. The van der Waals surface area contributed by atoms with Crippen LogP contribution in [0.2, 0.25) is 0 Å². The van der Waals surface area contributed by atoms with Crippen molar-refractivity contribution >= 4 is 0 Å². The van der Waals surface area contributed by atoms with Crippen LogP contribution in [-0.2, 0) is 22.3 Å². The van der Waals surface area contributed by atoms with Crippen LogP contribution in [0.5, 0.6) is 0 Å². The van der Waals surface area contributed by atoms with Crippen molar-refractivity contribution in [1.29, 1.82) is 0 Å². The maximum absolute atomic E-state index is 13.4. The minimum absolute atomic E-state index is 0.0972. The summed E-state index contributed by atoms with van der Waals surface area (Å²) < 4.78 is 32.7. The number of rotatable bonds is 8. The highest BCUT2D eigenvalue weighted by Gasteiger charge is 2.54. The van der Waals surface area contributed by atoms with Crippen molar-refractivity contribution in [3.05, 3.63) is 70.8 Å². The lowest BCUT2D eigenvalue weighted by molar-refractivity contribution is 0.0775. The monoisotopic (exact) mass is 445 g/mol. The van der Waals surface area contributed by atoms with E-state index in [-0.39, 0.29) is 11.1 Å².